The Bertz CT molecular complexity index is 3030. The van der Waals surface area contributed by atoms with Crippen LogP contribution in [0.2, 0.25) is 0 Å². The van der Waals surface area contributed by atoms with Gasteiger partial charge in [-0.3, -0.25) is 9.59 Å². The molecule has 6 heterocycles. The van der Waals surface area contributed by atoms with Crippen molar-refractivity contribution < 1.29 is 33.6 Å². The number of likely N-dealkylation sites (tertiary alicyclic amines) is 2. The quantitative estimate of drug-likeness (QED) is 0.0757. The number of phenolic OH excluding ortho intramolecular Hbond substituents is 1. The van der Waals surface area contributed by atoms with E-state index in [2.05, 4.69) is 49.4 Å². The van der Waals surface area contributed by atoms with Gasteiger partial charge in [0.05, 0.1) is 23.2 Å². The number of piperidine rings is 1. The molecule has 3 aromatic heterocycles. The monoisotopic (exact) mass is 1030 g/mol. The van der Waals surface area contributed by atoms with Crippen molar-refractivity contribution in [3.05, 3.63) is 120 Å². The average Bonchev–Trinajstić information content (AvgIpc) is 4.11. The van der Waals surface area contributed by atoms with Gasteiger partial charge in [-0.2, -0.15) is 5.48 Å². The van der Waals surface area contributed by atoms with Crippen molar-refractivity contribution >= 4 is 29.3 Å². The van der Waals surface area contributed by atoms with E-state index in [0.29, 0.717) is 63.6 Å². The number of nitrogens with two attached hydrogens (primary N) is 1. The van der Waals surface area contributed by atoms with Gasteiger partial charge in [-0.25, -0.2) is 14.4 Å². The Morgan fingerprint density at radius 1 is 0.908 bits per heavy atom. The number of β-amino-alcohol motifs (C(OH)–C–C–N with tert-alkyl or cyclic N) is 1. The van der Waals surface area contributed by atoms with Gasteiger partial charge >= 0.3 is 0 Å². The second-order valence-corrected chi connectivity index (χ2v) is 22.4. The Kier molecular flexibility index (Phi) is 14.1. The number of phenols is 1. The summed E-state index contributed by atoms with van der Waals surface area (Å²) in [5.74, 6) is 0.714. The fourth-order valence-electron chi connectivity index (χ4n) is 13.0. The molecule has 3 aliphatic heterocycles. The molecule has 6 aromatic rings. The van der Waals surface area contributed by atoms with Crippen LogP contribution >= 0.6 is 0 Å². The van der Waals surface area contributed by atoms with E-state index in [0.717, 1.165) is 69.1 Å². The van der Waals surface area contributed by atoms with Crippen molar-refractivity contribution in [2.45, 2.75) is 127 Å². The number of hydrogen-bond acceptors (Lipinski definition) is 15. The number of anilines is 3. The van der Waals surface area contributed by atoms with Gasteiger partial charge in [-0.1, -0.05) is 68.4 Å². The number of aliphatic hydroxyl groups is 1. The first kappa shape index (κ1) is 51.0. The van der Waals surface area contributed by atoms with Crippen LogP contribution in [-0.2, 0) is 9.59 Å². The van der Waals surface area contributed by atoms with Gasteiger partial charge in [0.1, 0.15) is 29.3 Å². The van der Waals surface area contributed by atoms with E-state index in [1.807, 2.05) is 50.5 Å². The van der Waals surface area contributed by atoms with E-state index in [4.69, 9.17) is 25.1 Å². The van der Waals surface area contributed by atoms with Crippen LogP contribution in [0.4, 0.5) is 21.8 Å². The van der Waals surface area contributed by atoms with Crippen LogP contribution in [0, 0.1) is 17.2 Å². The number of hydrogen-bond donors (Lipinski definition) is 4. The molecule has 3 aromatic carbocycles. The molecule has 76 heavy (non-hydrogen) atoms. The summed E-state index contributed by atoms with van der Waals surface area (Å²) in [5.41, 5.74) is 14.4. The number of nitrogens with zero attached hydrogens (tertiary/aromatic N) is 9. The number of rotatable bonds is 14. The largest absolute Gasteiger partial charge is 0.507 e. The lowest BCUT2D eigenvalue weighted by Crippen LogP contribution is -2.58. The van der Waals surface area contributed by atoms with E-state index in [1.165, 1.54) is 29.4 Å². The lowest BCUT2D eigenvalue weighted by molar-refractivity contribution is -0.143. The number of para-hydroxylation sites is 1. The number of carbonyl (C=O) groups is 2. The minimum Gasteiger partial charge on any atom is -0.507 e. The standard InChI is InChI=1S/C58H68FN11O6/c1-5-40-32-68(49-23-48(63-64-54(49)60)45-11-7-9-13-51(45)72)31-35(4)70(40)57-61-29-39(30-62-57)36-18-20-67(21-19-36)41-27-58(28-41)25-38(26-58)47-24-52(76-65-47)53(34(2)3)56(74)69-33-42(71)22-50(69)55(73)66-75-43-16-14-37(15-17-43)44-10-6-8-12-46(44)59/h6-17,23-24,29-30,34-36,38,40-42,50,53,71-72H,5,18-22,25-28,31-33H2,1-4H3,(H2,60,64)(H,66,73)/t35?,38-,40?,41-,42-,50+,53-,58?/m1/s1. The molecule has 1 spiro atoms. The number of piperazine rings is 1. The summed E-state index contributed by atoms with van der Waals surface area (Å²) < 4.78 is 20.2. The third-order valence-electron chi connectivity index (χ3n) is 17.1. The molecule has 5 fully saturated rings. The van der Waals surface area contributed by atoms with E-state index in [9.17, 15) is 24.2 Å². The summed E-state index contributed by atoms with van der Waals surface area (Å²) in [6.07, 6.45) is 10.8. The number of benzene rings is 3. The molecule has 398 valence electrons. The van der Waals surface area contributed by atoms with Crippen LogP contribution < -0.4 is 25.9 Å². The molecular formula is C58H68FN11O6. The Hall–Kier alpha value is -7.18. The highest BCUT2D eigenvalue weighted by Crippen LogP contribution is 2.63. The number of amides is 2. The molecule has 18 heteroatoms. The van der Waals surface area contributed by atoms with Gasteiger partial charge in [0, 0.05) is 79.7 Å². The maximum atomic E-state index is 14.3. The Balaban J connectivity index is 0.642. The van der Waals surface area contributed by atoms with E-state index >= 15 is 0 Å². The lowest BCUT2D eigenvalue weighted by Gasteiger charge is -2.60. The van der Waals surface area contributed by atoms with Crippen LogP contribution in [0.25, 0.3) is 22.4 Å². The molecule has 5 atom stereocenters. The maximum Gasteiger partial charge on any atom is 0.275 e. The van der Waals surface area contributed by atoms with Gasteiger partial charge in [0.25, 0.3) is 5.91 Å². The second-order valence-electron chi connectivity index (χ2n) is 22.4. The smallest absolute Gasteiger partial charge is 0.275 e. The zero-order valence-corrected chi connectivity index (χ0v) is 43.6. The molecule has 2 unspecified atom stereocenters. The molecule has 5 N–H and O–H groups in total. The number of nitrogens with one attached hydrogen (secondary N) is 1. The van der Waals surface area contributed by atoms with Crippen molar-refractivity contribution in [1.29, 1.82) is 0 Å². The van der Waals surface area contributed by atoms with Crippen LogP contribution in [-0.4, -0.2) is 120 Å². The Morgan fingerprint density at radius 3 is 2.32 bits per heavy atom. The average molecular weight is 1030 g/mol. The number of hydroxylamine groups is 1. The minimum atomic E-state index is -0.946. The molecule has 2 amide bonds. The van der Waals surface area contributed by atoms with Crippen molar-refractivity contribution in [2.75, 3.05) is 48.3 Å². The molecule has 0 bridgehead atoms. The predicted octanol–water partition coefficient (Wildman–Crippen LogP) is 8.23. The molecule has 0 radical (unpaired) electrons. The molecular weight excluding hydrogens is 966 g/mol. The third kappa shape index (κ3) is 10.0. The highest BCUT2D eigenvalue weighted by molar-refractivity contribution is 5.91. The third-order valence-corrected chi connectivity index (χ3v) is 17.1. The highest BCUT2D eigenvalue weighted by Gasteiger charge is 2.55. The SMILES string of the molecule is CCC1CN(c2cc(-c3ccccc3O)nnc2N)CC(C)N1c1ncc(C2CCN([C@H]3CC4(C[C@H](c5cc([C@H](C(=O)N6C[C@H](O)C[C@H]6C(=O)NOc6ccc(-c7ccccc7F)cc6)C(C)C)on5)C4)C3)CC2)cn1. The first-order valence-corrected chi connectivity index (χ1v) is 27.0. The summed E-state index contributed by atoms with van der Waals surface area (Å²) >= 11 is 0. The van der Waals surface area contributed by atoms with Gasteiger partial charge in [-0.15, -0.1) is 10.2 Å². The zero-order chi connectivity index (χ0) is 52.8. The minimum absolute atomic E-state index is 0.0121. The summed E-state index contributed by atoms with van der Waals surface area (Å²) in [4.78, 5) is 52.1. The number of aliphatic hydroxyl groups excluding tert-OH is 1. The molecule has 2 aliphatic carbocycles. The zero-order valence-electron chi connectivity index (χ0n) is 43.6. The van der Waals surface area contributed by atoms with Crippen LogP contribution in [0.1, 0.15) is 114 Å². The lowest BCUT2D eigenvalue weighted by atomic mass is 9.49. The van der Waals surface area contributed by atoms with Crippen LogP contribution in [0.5, 0.6) is 11.5 Å². The van der Waals surface area contributed by atoms with E-state index in [1.54, 1.807) is 54.6 Å². The van der Waals surface area contributed by atoms with Crippen molar-refractivity contribution in [1.82, 2.24) is 40.6 Å². The van der Waals surface area contributed by atoms with Crippen molar-refractivity contribution in [2.24, 2.45) is 11.3 Å². The first-order valence-electron chi connectivity index (χ1n) is 27.0. The summed E-state index contributed by atoms with van der Waals surface area (Å²) in [6, 6.07) is 24.0. The molecule has 11 rings (SSSR count). The van der Waals surface area contributed by atoms with Crippen LogP contribution in [0.3, 0.4) is 0 Å². The van der Waals surface area contributed by atoms with Gasteiger partial charge in [-0.05, 0) is 130 Å². The Morgan fingerprint density at radius 2 is 1.62 bits per heavy atom. The topological polar surface area (TPSA) is 212 Å². The number of aromatic nitrogens is 5. The first-order chi connectivity index (χ1) is 36.7. The molecule has 17 nitrogen and oxygen atoms in total. The highest BCUT2D eigenvalue weighted by atomic mass is 19.1. The normalized spacial score (nSPS) is 25.3. The molecule has 5 aliphatic rings. The summed E-state index contributed by atoms with van der Waals surface area (Å²) in [7, 11) is 0. The van der Waals surface area contributed by atoms with Crippen LogP contribution in [0.15, 0.2) is 102 Å². The van der Waals surface area contributed by atoms with Crippen molar-refractivity contribution in [3.8, 4) is 33.9 Å². The Labute approximate surface area is 442 Å². The number of nitrogen functional groups attached to an aromatic ring is 1. The van der Waals surface area contributed by atoms with Gasteiger partial charge < -0.3 is 44.9 Å². The summed E-state index contributed by atoms with van der Waals surface area (Å²) in [6.45, 7) is 11.8. The fourth-order valence-corrected chi connectivity index (χ4v) is 13.0. The van der Waals surface area contributed by atoms with Gasteiger partial charge in [0.2, 0.25) is 11.9 Å². The van der Waals surface area contributed by atoms with Crippen molar-refractivity contribution in [3.63, 3.8) is 0 Å². The number of carbonyl (C=O) groups excluding carboxylic acids is 2. The molecule has 2 saturated carbocycles. The number of aromatic hydroxyl groups is 1. The second kappa shape index (κ2) is 21.1. The summed E-state index contributed by atoms with van der Waals surface area (Å²) in [5, 5.41) is 34.2. The number of halogens is 1. The predicted molar refractivity (Wildman–Crippen MR) is 286 cm³/mol. The molecule has 3 saturated heterocycles. The van der Waals surface area contributed by atoms with Gasteiger partial charge in [0.15, 0.2) is 11.6 Å². The fraction of sp³-hybridized carbons (Fsp3) is 0.466. The van der Waals surface area contributed by atoms with E-state index in [-0.39, 0.29) is 54.4 Å². The van der Waals surface area contributed by atoms with E-state index < -0.39 is 24.0 Å². The maximum absolute atomic E-state index is 14.3.